The summed E-state index contributed by atoms with van der Waals surface area (Å²) in [5.41, 5.74) is 2.11. The topological polar surface area (TPSA) is 29.3 Å². The van der Waals surface area contributed by atoms with Crippen molar-refractivity contribution in [2.75, 3.05) is 14.1 Å². The Morgan fingerprint density at radius 2 is 1.95 bits per heavy atom. The Balaban J connectivity index is 0.00000220. The largest absolute Gasteiger partial charge is 0.464 e. The quantitative estimate of drug-likeness (QED) is 0.568. The summed E-state index contributed by atoms with van der Waals surface area (Å²) in [4.78, 5) is 7.58. The van der Waals surface area contributed by atoms with Crippen molar-refractivity contribution in [3.05, 3.63) is 47.2 Å². The summed E-state index contributed by atoms with van der Waals surface area (Å²) in [6, 6.07) is 6.12. The Bertz CT molecular complexity index is 573. The van der Waals surface area contributed by atoms with Gasteiger partial charge in [0, 0.05) is 11.1 Å². The van der Waals surface area contributed by atoms with Gasteiger partial charge in [-0.2, -0.15) is 0 Å². The molecule has 0 aliphatic rings. The number of halogens is 2. The normalized spacial score (nSPS) is 10.7. The zero-order valence-corrected chi connectivity index (χ0v) is 14.8. The number of nitrogens with zero attached hydrogens (tertiary/aromatic N) is 2. The van der Waals surface area contributed by atoms with E-state index in [0.29, 0.717) is 5.88 Å². The molecule has 21 heavy (non-hydrogen) atoms. The lowest BCUT2D eigenvalue weighted by Crippen LogP contribution is -2.09. The smallest absolute Gasteiger partial charge is 0.118 e. The standard InChI is InChI=1S/C15H19ClN2OS.ClH/c1-11-14(8-16)17-7-6-15(11)20-10-13-5-4-12(19-13)9-18(2)3;/h4-7H,8-10H2,1-3H3;1H. The highest BCUT2D eigenvalue weighted by Crippen LogP contribution is 2.28. The second kappa shape index (κ2) is 8.69. The Morgan fingerprint density at radius 1 is 1.24 bits per heavy atom. The molecule has 0 fully saturated rings. The minimum atomic E-state index is 0. The number of hydrogen-bond donors (Lipinski definition) is 0. The molecule has 0 unspecified atom stereocenters. The van der Waals surface area contributed by atoms with Gasteiger partial charge in [-0.05, 0) is 44.8 Å². The van der Waals surface area contributed by atoms with Crippen molar-refractivity contribution >= 4 is 35.8 Å². The van der Waals surface area contributed by atoms with E-state index in [0.717, 1.165) is 35.1 Å². The van der Waals surface area contributed by atoms with Crippen LogP contribution in [-0.4, -0.2) is 24.0 Å². The molecule has 6 heteroatoms. The molecule has 2 aromatic rings. The Hall–Kier alpha value is -0.680. The summed E-state index contributed by atoms with van der Waals surface area (Å²) in [5.74, 6) is 3.27. The van der Waals surface area contributed by atoms with Crippen molar-refractivity contribution in [3.63, 3.8) is 0 Å². The fourth-order valence-corrected chi connectivity index (χ4v) is 3.11. The molecule has 0 saturated carbocycles. The van der Waals surface area contributed by atoms with E-state index in [1.54, 1.807) is 11.8 Å². The number of rotatable bonds is 6. The van der Waals surface area contributed by atoms with Crippen LogP contribution in [0.2, 0.25) is 0 Å². The summed E-state index contributed by atoms with van der Waals surface area (Å²) in [7, 11) is 4.07. The van der Waals surface area contributed by atoms with Crippen molar-refractivity contribution < 1.29 is 4.42 Å². The molecule has 2 aromatic heterocycles. The minimum Gasteiger partial charge on any atom is -0.464 e. The third-order valence-electron chi connectivity index (χ3n) is 2.94. The van der Waals surface area contributed by atoms with Crippen LogP contribution in [0.4, 0.5) is 0 Å². The SMILES string of the molecule is Cc1c(SCc2ccc(CN(C)C)o2)ccnc1CCl.Cl. The minimum absolute atomic E-state index is 0. The van der Waals surface area contributed by atoms with Crippen LogP contribution in [0.3, 0.4) is 0 Å². The molecular formula is C15H20Cl2N2OS. The Morgan fingerprint density at radius 3 is 2.62 bits per heavy atom. The molecule has 0 amide bonds. The lowest BCUT2D eigenvalue weighted by atomic mass is 10.2. The molecule has 3 nitrogen and oxygen atoms in total. The highest BCUT2D eigenvalue weighted by atomic mass is 35.5. The summed E-state index contributed by atoms with van der Waals surface area (Å²) < 4.78 is 5.81. The van der Waals surface area contributed by atoms with Gasteiger partial charge in [-0.1, -0.05) is 0 Å². The van der Waals surface area contributed by atoms with Crippen LogP contribution in [0.5, 0.6) is 0 Å². The van der Waals surface area contributed by atoms with Crippen molar-refractivity contribution in [1.29, 1.82) is 0 Å². The average Bonchev–Trinajstić information content (AvgIpc) is 2.84. The van der Waals surface area contributed by atoms with E-state index < -0.39 is 0 Å². The molecular weight excluding hydrogens is 327 g/mol. The number of thioether (sulfide) groups is 1. The lowest BCUT2D eigenvalue weighted by Gasteiger charge is -2.08. The second-order valence-corrected chi connectivity index (χ2v) is 6.19. The summed E-state index contributed by atoms with van der Waals surface area (Å²) in [6.07, 6.45) is 1.81. The Labute approximate surface area is 141 Å². The van der Waals surface area contributed by atoms with Crippen LogP contribution in [0.15, 0.2) is 33.7 Å². The first kappa shape index (κ1) is 18.4. The van der Waals surface area contributed by atoms with E-state index in [-0.39, 0.29) is 12.4 Å². The first-order valence-corrected chi connectivity index (χ1v) is 7.97. The zero-order chi connectivity index (χ0) is 14.5. The van der Waals surface area contributed by atoms with E-state index in [1.165, 1.54) is 4.90 Å². The Kier molecular flexibility index (Phi) is 7.60. The highest BCUT2D eigenvalue weighted by molar-refractivity contribution is 7.98. The molecule has 0 aliphatic heterocycles. The van der Waals surface area contributed by atoms with Crippen molar-refractivity contribution in [2.24, 2.45) is 0 Å². The maximum atomic E-state index is 5.88. The monoisotopic (exact) mass is 346 g/mol. The maximum Gasteiger partial charge on any atom is 0.118 e. The summed E-state index contributed by atoms with van der Waals surface area (Å²) >= 11 is 7.63. The second-order valence-electron chi connectivity index (χ2n) is 4.91. The molecule has 0 spiro atoms. The van der Waals surface area contributed by atoms with Gasteiger partial charge in [0.25, 0.3) is 0 Å². The fourth-order valence-electron chi connectivity index (χ4n) is 1.90. The number of aromatic nitrogens is 1. The number of hydrogen-bond acceptors (Lipinski definition) is 4. The van der Waals surface area contributed by atoms with Crippen LogP contribution >= 0.6 is 35.8 Å². The van der Waals surface area contributed by atoms with Crippen molar-refractivity contribution in [2.45, 2.75) is 30.0 Å². The van der Waals surface area contributed by atoms with Gasteiger partial charge < -0.3 is 9.32 Å². The molecule has 0 bridgehead atoms. The van der Waals surface area contributed by atoms with Crippen LogP contribution < -0.4 is 0 Å². The van der Waals surface area contributed by atoms with Crippen molar-refractivity contribution in [3.8, 4) is 0 Å². The summed E-state index contributed by atoms with van der Waals surface area (Å²) in [5, 5.41) is 0. The van der Waals surface area contributed by atoms with Gasteiger partial charge in [0.15, 0.2) is 0 Å². The van der Waals surface area contributed by atoms with Gasteiger partial charge in [0.05, 0.1) is 23.9 Å². The van der Waals surface area contributed by atoms with E-state index in [2.05, 4.69) is 16.8 Å². The molecule has 0 N–H and O–H groups in total. The predicted molar refractivity (Wildman–Crippen MR) is 91.4 cm³/mol. The molecule has 0 aliphatic carbocycles. The van der Waals surface area contributed by atoms with E-state index >= 15 is 0 Å². The lowest BCUT2D eigenvalue weighted by molar-refractivity contribution is 0.344. The third kappa shape index (κ3) is 5.22. The molecule has 116 valence electrons. The number of furan rings is 1. The fraction of sp³-hybridized carbons (Fsp3) is 0.400. The van der Waals surface area contributed by atoms with Gasteiger partial charge in [0.1, 0.15) is 11.5 Å². The van der Waals surface area contributed by atoms with Gasteiger partial charge in [0.2, 0.25) is 0 Å². The van der Waals surface area contributed by atoms with Crippen LogP contribution in [0, 0.1) is 6.92 Å². The van der Waals surface area contributed by atoms with E-state index in [4.69, 9.17) is 16.0 Å². The highest BCUT2D eigenvalue weighted by Gasteiger charge is 2.08. The number of alkyl halides is 1. The first-order chi connectivity index (χ1) is 9.60. The molecule has 0 radical (unpaired) electrons. The predicted octanol–water partition coefficient (Wildman–Crippen LogP) is 4.50. The molecule has 0 aromatic carbocycles. The van der Waals surface area contributed by atoms with Crippen LogP contribution in [-0.2, 0) is 18.2 Å². The van der Waals surface area contributed by atoms with Gasteiger partial charge in [-0.25, -0.2) is 0 Å². The van der Waals surface area contributed by atoms with Crippen LogP contribution in [0.1, 0.15) is 22.8 Å². The van der Waals surface area contributed by atoms with Gasteiger partial charge in [-0.3, -0.25) is 4.98 Å². The number of pyridine rings is 1. The van der Waals surface area contributed by atoms with E-state index in [1.807, 2.05) is 38.5 Å². The zero-order valence-electron chi connectivity index (χ0n) is 12.4. The van der Waals surface area contributed by atoms with E-state index in [9.17, 15) is 0 Å². The molecule has 0 atom stereocenters. The molecule has 0 saturated heterocycles. The van der Waals surface area contributed by atoms with Crippen LogP contribution in [0.25, 0.3) is 0 Å². The molecule has 2 heterocycles. The van der Waals surface area contributed by atoms with Crippen molar-refractivity contribution in [1.82, 2.24) is 9.88 Å². The summed E-state index contributed by atoms with van der Waals surface area (Å²) in [6.45, 7) is 2.89. The van der Waals surface area contributed by atoms with Gasteiger partial charge >= 0.3 is 0 Å². The molecule has 2 rings (SSSR count). The average molecular weight is 347 g/mol. The maximum absolute atomic E-state index is 5.88. The first-order valence-electron chi connectivity index (χ1n) is 6.45. The van der Waals surface area contributed by atoms with Gasteiger partial charge in [-0.15, -0.1) is 35.8 Å². The third-order valence-corrected chi connectivity index (χ3v) is 4.38.